The van der Waals surface area contributed by atoms with Gasteiger partial charge in [-0.15, -0.1) is 0 Å². The van der Waals surface area contributed by atoms with Crippen molar-refractivity contribution < 1.29 is 18.0 Å². The first-order chi connectivity index (χ1) is 9.36. The van der Waals surface area contributed by atoms with Crippen molar-refractivity contribution in [3.05, 3.63) is 0 Å². The molecule has 1 atom stereocenters. The maximum atomic E-state index is 12.0. The quantitative estimate of drug-likeness (QED) is 0.629. The largest absolute Gasteiger partial charge is 0.289 e. The van der Waals surface area contributed by atoms with E-state index >= 15 is 0 Å². The smallest absolute Gasteiger partial charge is 0.246 e. The molecule has 7 nitrogen and oxygen atoms in total. The minimum Gasteiger partial charge on any atom is -0.289 e. The number of likely N-dealkylation sites (N-methyl/N-ethyl adjacent to an activating group) is 1. The molecule has 2 fully saturated rings. The number of imide groups is 1. The summed E-state index contributed by atoms with van der Waals surface area (Å²) < 4.78 is 25.4. The molecule has 2 amide bonds. The lowest BCUT2D eigenvalue weighted by atomic mass is 10.2. The monoisotopic (exact) mass is 303 g/mol. The Morgan fingerprint density at radius 2 is 1.75 bits per heavy atom. The lowest BCUT2D eigenvalue weighted by Crippen LogP contribution is -2.53. The van der Waals surface area contributed by atoms with Crippen molar-refractivity contribution in [2.45, 2.75) is 25.8 Å². The van der Waals surface area contributed by atoms with E-state index in [0.29, 0.717) is 32.6 Å². The second kappa shape index (κ2) is 5.79. The highest BCUT2D eigenvalue weighted by atomic mass is 32.2. The summed E-state index contributed by atoms with van der Waals surface area (Å²) in [6, 6.07) is -0.413. The lowest BCUT2D eigenvalue weighted by Gasteiger charge is -2.36. The number of sulfonamides is 1. The highest BCUT2D eigenvalue weighted by molar-refractivity contribution is 7.89. The molecule has 0 spiro atoms. The van der Waals surface area contributed by atoms with Crippen LogP contribution in [0.4, 0.5) is 0 Å². The van der Waals surface area contributed by atoms with Crippen LogP contribution in [0, 0.1) is 0 Å². The van der Waals surface area contributed by atoms with Crippen LogP contribution >= 0.6 is 0 Å². The highest BCUT2D eigenvalue weighted by Crippen LogP contribution is 2.19. The number of likely N-dealkylation sites (tertiary alicyclic amines) is 1. The SMILES string of the molecule is CCCS(=O)(=O)N1CCN(C2CC(=O)N(C)C2=O)CC1. The average Bonchev–Trinajstić information content (AvgIpc) is 2.67. The third-order valence-corrected chi connectivity index (χ3v) is 6.00. The molecule has 2 heterocycles. The Kier molecular flexibility index (Phi) is 4.46. The zero-order chi connectivity index (χ0) is 14.9. The van der Waals surface area contributed by atoms with Crippen LogP contribution in [-0.2, 0) is 19.6 Å². The van der Waals surface area contributed by atoms with Crippen LogP contribution in [0.1, 0.15) is 19.8 Å². The molecular weight excluding hydrogens is 282 g/mol. The van der Waals surface area contributed by atoms with E-state index in [0.717, 1.165) is 4.90 Å². The number of hydrogen-bond donors (Lipinski definition) is 0. The highest BCUT2D eigenvalue weighted by Gasteiger charge is 2.41. The molecule has 2 aliphatic rings. The normalized spacial score (nSPS) is 26.5. The molecule has 0 radical (unpaired) electrons. The molecule has 0 aromatic heterocycles. The Morgan fingerprint density at radius 3 is 2.20 bits per heavy atom. The Morgan fingerprint density at radius 1 is 1.15 bits per heavy atom. The summed E-state index contributed by atoms with van der Waals surface area (Å²) in [6.07, 6.45) is 0.806. The van der Waals surface area contributed by atoms with Crippen molar-refractivity contribution in [2.75, 3.05) is 39.0 Å². The molecule has 0 aliphatic carbocycles. The molecule has 0 N–H and O–H groups in total. The lowest BCUT2D eigenvalue weighted by molar-refractivity contribution is -0.138. The zero-order valence-electron chi connectivity index (χ0n) is 11.9. The first kappa shape index (κ1) is 15.4. The Bertz CT molecular complexity index is 497. The van der Waals surface area contributed by atoms with Crippen molar-refractivity contribution in [2.24, 2.45) is 0 Å². The van der Waals surface area contributed by atoms with Gasteiger partial charge < -0.3 is 0 Å². The first-order valence-corrected chi connectivity index (χ1v) is 8.50. The van der Waals surface area contributed by atoms with E-state index in [1.54, 1.807) is 0 Å². The number of piperazine rings is 1. The van der Waals surface area contributed by atoms with Crippen molar-refractivity contribution in [3.63, 3.8) is 0 Å². The predicted molar refractivity (Wildman–Crippen MR) is 73.4 cm³/mol. The van der Waals surface area contributed by atoms with E-state index in [-0.39, 0.29) is 24.0 Å². The second-order valence-corrected chi connectivity index (χ2v) is 7.35. The van der Waals surface area contributed by atoms with Crippen molar-refractivity contribution in [1.82, 2.24) is 14.1 Å². The van der Waals surface area contributed by atoms with Crippen LogP contribution in [-0.4, -0.2) is 79.4 Å². The topological polar surface area (TPSA) is 78.0 Å². The van der Waals surface area contributed by atoms with Crippen LogP contribution in [0.15, 0.2) is 0 Å². The maximum Gasteiger partial charge on any atom is 0.246 e. The maximum absolute atomic E-state index is 12.0. The molecule has 0 aromatic carbocycles. The Balaban J connectivity index is 1.95. The third-order valence-electron chi connectivity index (χ3n) is 3.93. The second-order valence-electron chi connectivity index (χ2n) is 5.26. The number of hydrogen-bond acceptors (Lipinski definition) is 5. The van der Waals surface area contributed by atoms with Crippen LogP contribution in [0.3, 0.4) is 0 Å². The van der Waals surface area contributed by atoms with E-state index in [1.165, 1.54) is 11.4 Å². The van der Waals surface area contributed by atoms with Crippen molar-refractivity contribution >= 4 is 21.8 Å². The molecule has 0 saturated carbocycles. The molecule has 20 heavy (non-hydrogen) atoms. The van der Waals surface area contributed by atoms with Gasteiger partial charge in [0.15, 0.2) is 0 Å². The summed E-state index contributed by atoms with van der Waals surface area (Å²) in [6.45, 7) is 3.63. The average molecular weight is 303 g/mol. The predicted octanol–water partition coefficient (Wildman–Crippen LogP) is -0.899. The summed E-state index contributed by atoms with van der Waals surface area (Å²) in [4.78, 5) is 26.5. The fourth-order valence-electron chi connectivity index (χ4n) is 2.70. The molecule has 0 aromatic rings. The Hall–Kier alpha value is -0.990. The van der Waals surface area contributed by atoms with Crippen LogP contribution < -0.4 is 0 Å². The fraction of sp³-hybridized carbons (Fsp3) is 0.833. The minimum atomic E-state index is -3.17. The molecular formula is C12H21N3O4S. The fourth-order valence-corrected chi connectivity index (χ4v) is 4.20. The van der Waals surface area contributed by atoms with Gasteiger partial charge in [0.2, 0.25) is 21.8 Å². The number of carbonyl (C=O) groups is 2. The third kappa shape index (κ3) is 2.87. The molecule has 1 unspecified atom stereocenters. The number of carbonyl (C=O) groups excluding carboxylic acids is 2. The summed E-state index contributed by atoms with van der Waals surface area (Å²) in [5, 5.41) is 0. The van der Waals surface area contributed by atoms with E-state index in [4.69, 9.17) is 0 Å². The van der Waals surface area contributed by atoms with Gasteiger partial charge in [-0.25, -0.2) is 8.42 Å². The van der Waals surface area contributed by atoms with Gasteiger partial charge in [-0.2, -0.15) is 4.31 Å². The minimum absolute atomic E-state index is 0.163. The first-order valence-electron chi connectivity index (χ1n) is 6.89. The molecule has 2 saturated heterocycles. The van der Waals surface area contributed by atoms with Gasteiger partial charge in [-0.1, -0.05) is 6.92 Å². The van der Waals surface area contributed by atoms with Gasteiger partial charge >= 0.3 is 0 Å². The molecule has 8 heteroatoms. The van der Waals surface area contributed by atoms with Crippen molar-refractivity contribution in [3.8, 4) is 0 Å². The van der Waals surface area contributed by atoms with Gasteiger partial charge in [0, 0.05) is 33.2 Å². The Labute approximate surface area is 119 Å². The van der Waals surface area contributed by atoms with Gasteiger partial charge in [-0.05, 0) is 6.42 Å². The van der Waals surface area contributed by atoms with Crippen LogP contribution in [0.2, 0.25) is 0 Å². The van der Waals surface area contributed by atoms with E-state index in [2.05, 4.69) is 0 Å². The van der Waals surface area contributed by atoms with Crippen LogP contribution in [0.5, 0.6) is 0 Å². The number of amides is 2. The standard InChI is InChI=1S/C12H21N3O4S/c1-3-8-20(18,19)15-6-4-14(5-7-15)10-9-11(16)13(2)12(10)17/h10H,3-9H2,1-2H3. The zero-order valence-corrected chi connectivity index (χ0v) is 12.7. The molecule has 114 valence electrons. The number of nitrogens with zero attached hydrogens (tertiary/aromatic N) is 3. The van der Waals surface area contributed by atoms with E-state index in [9.17, 15) is 18.0 Å². The van der Waals surface area contributed by atoms with Crippen molar-refractivity contribution in [1.29, 1.82) is 0 Å². The van der Waals surface area contributed by atoms with Crippen LogP contribution in [0.25, 0.3) is 0 Å². The van der Waals surface area contributed by atoms with Gasteiger partial charge in [0.1, 0.15) is 0 Å². The van der Waals surface area contributed by atoms with Gasteiger partial charge in [-0.3, -0.25) is 19.4 Å². The summed E-state index contributed by atoms with van der Waals surface area (Å²) in [5.41, 5.74) is 0. The van der Waals surface area contributed by atoms with Gasteiger partial charge in [0.25, 0.3) is 0 Å². The van der Waals surface area contributed by atoms with Gasteiger partial charge in [0.05, 0.1) is 18.2 Å². The summed E-state index contributed by atoms with van der Waals surface area (Å²) >= 11 is 0. The number of rotatable bonds is 4. The summed E-state index contributed by atoms with van der Waals surface area (Å²) in [7, 11) is -1.68. The molecule has 0 bridgehead atoms. The molecule has 2 aliphatic heterocycles. The van der Waals surface area contributed by atoms with E-state index in [1.807, 2.05) is 11.8 Å². The summed E-state index contributed by atoms with van der Waals surface area (Å²) in [5.74, 6) is -0.183. The molecule has 2 rings (SSSR count). The van der Waals surface area contributed by atoms with E-state index < -0.39 is 16.1 Å².